The van der Waals surface area contributed by atoms with Crippen molar-refractivity contribution in [1.82, 2.24) is 35.1 Å². The number of benzene rings is 1. The number of fused-ring (bicyclic) bond motifs is 2. The largest absolute Gasteiger partial charge is 0.335 e. The number of anilines is 1. The highest BCUT2D eigenvalue weighted by Crippen LogP contribution is 2.34. The molecule has 0 radical (unpaired) electrons. The number of imidazole rings is 1. The van der Waals surface area contributed by atoms with Crippen molar-refractivity contribution in [3.63, 3.8) is 0 Å². The minimum absolute atomic E-state index is 0.0578. The van der Waals surface area contributed by atoms with Crippen molar-refractivity contribution < 1.29 is 13.6 Å². The molecule has 0 spiro atoms. The summed E-state index contributed by atoms with van der Waals surface area (Å²) in [6.45, 7) is 3.90. The number of aromatic amines is 2. The fourth-order valence-corrected chi connectivity index (χ4v) is 4.45. The Morgan fingerprint density at radius 3 is 2.54 bits per heavy atom. The van der Waals surface area contributed by atoms with E-state index in [0.29, 0.717) is 45.6 Å². The van der Waals surface area contributed by atoms with Crippen molar-refractivity contribution >= 4 is 33.5 Å². The van der Waals surface area contributed by atoms with E-state index in [9.17, 15) is 9.18 Å². The van der Waals surface area contributed by atoms with Gasteiger partial charge in [0.2, 0.25) is 5.91 Å². The van der Waals surface area contributed by atoms with Gasteiger partial charge in [0.1, 0.15) is 17.2 Å². The first-order valence-corrected chi connectivity index (χ1v) is 12.2. The summed E-state index contributed by atoms with van der Waals surface area (Å²) in [6, 6.07) is 7.66. The summed E-state index contributed by atoms with van der Waals surface area (Å²) >= 11 is 0. The number of carbonyl (C=O) groups excluding carboxylic acids is 1. The van der Waals surface area contributed by atoms with Gasteiger partial charge in [0.05, 0.1) is 46.2 Å². The second kappa shape index (κ2) is 9.67. The number of carbonyl (C=O) groups is 1. The lowest BCUT2D eigenvalue weighted by molar-refractivity contribution is -0.116. The first-order chi connectivity index (χ1) is 18.9. The van der Waals surface area contributed by atoms with Crippen molar-refractivity contribution in [1.29, 1.82) is 0 Å². The van der Waals surface area contributed by atoms with Gasteiger partial charge in [-0.2, -0.15) is 5.10 Å². The molecule has 0 saturated heterocycles. The van der Waals surface area contributed by atoms with Crippen LogP contribution >= 0.6 is 0 Å². The number of hydrogen-bond acceptors (Lipinski definition) is 6. The molecule has 0 aliphatic rings. The number of nitrogens with one attached hydrogen (secondary N) is 3. The Balaban J connectivity index is 1.41. The summed E-state index contributed by atoms with van der Waals surface area (Å²) < 4.78 is 29.5. The first kappa shape index (κ1) is 24.3. The Morgan fingerprint density at radius 2 is 1.74 bits per heavy atom. The third-order valence-corrected chi connectivity index (χ3v) is 6.21. The van der Waals surface area contributed by atoms with Crippen LogP contribution in [-0.4, -0.2) is 41.0 Å². The van der Waals surface area contributed by atoms with Crippen LogP contribution < -0.4 is 5.32 Å². The van der Waals surface area contributed by atoms with Crippen molar-refractivity contribution in [2.24, 2.45) is 5.92 Å². The Kier molecular flexibility index (Phi) is 6.02. The number of halogens is 2. The molecule has 0 fully saturated rings. The van der Waals surface area contributed by atoms with E-state index < -0.39 is 5.82 Å². The summed E-state index contributed by atoms with van der Waals surface area (Å²) in [5.41, 5.74) is 4.20. The number of hydrogen-bond donors (Lipinski definition) is 3. The van der Waals surface area contributed by atoms with Gasteiger partial charge >= 0.3 is 0 Å². The van der Waals surface area contributed by atoms with Crippen LogP contribution in [0, 0.1) is 17.6 Å². The maximum atomic E-state index is 16.0. The van der Waals surface area contributed by atoms with Crippen LogP contribution in [0.4, 0.5) is 14.5 Å². The average molecular weight is 525 g/mol. The highest BCUT2D eigenvalue weighted by atomic mass is 19.1. The predicted octanol–water partition coefficient (Wildman–Crippen LogP) is 5.89. The monoisotopic (exact) mass is 524 g/mol. The highest BCUT2D eigenvalue weighted by molar-refractivity contribution is 5.98. The van der Waals surface area contributed by atoms with Gasteiger partial charge in [-0.25, -0.2) is 13.8 Å². The van der Waals surface area contributed by atoms with Crippen LogP contribution in [0.1, 0.15) is 20.3 Å². The summed E-state index contributed by atoms with van der Waals surface area (Å²) in [6.07, 6.45) is 8.09. The normalized spacial score (nSPS) is 11.5. The van der Waals surface area contributed by atoms with Crippen molar-refractivity contribution in [3.8, 4) is 33.9 Å². The number of nitrogens with zero attached hydrogens (tertiary/aromatic N) is 5. The van der Waals surface area contributed by atoms with Crippen molar-refractivity contribution in [2.75, 3.05) is 5.32 Å². The van der Waals surface area contributed by atoms with Gasteiger partial charge in [-0.15, -0.1) is 0 Å². The molecule has 0 saturated carbocycles. The zero-order chi connectivity index (χ0) is 27.1. The third-order valence-electron chi connectivity index (χ3n) is 6.21. The topological polar surface area (TPSA) is 125 Å². The summed E-state index contributed by atoms with van der Waals surface area (Å²) in [5.74, 6) is -0.576. The van der Waals surface area contributed by atoms with Crippen LogP contribution in [0.25, 0.3) is 55.8 Å². The van der Waals surface area contributed by atoms with Gasteiger partial charge < -0.3 is 10.3 Å². The quantitative estimate of drug-likeness (QED) is 0.250. The van der Waals surface area contributed by atoms with E-state index in [4.69, 9.17) is 4.98 Å². The molecule has 3 N–H and O–H groups in total. The van der Waals surface area contributed by atoms with E-state index >= 15 is 4.39 Å². The van der Waals surface area contributed by atoms with Crippen molar-refractivity contribution in [2.45, 2.75) is 20.3 Å². The molecule has 0 aliphatic heterocycles. The number of amides is 1. The lowest BCUT2D eigenvalue weighted by Crippen LogP contribution is -2.14. The Labute approximate surface area is 220 Å². The molecule has 5 heterocycles. The number of pyridine rings is 3. The highest BCUT2D eigenvalue weighted by Gasteiger charge is 2.21. The smallest absolute Gasteiger partial charge is 0.224 e. The lowest BCUT2D eigenvalue weighted by Gasteiger charge is -2.09. The Bertz CT molecular complexity index is 1840. The molecule has 11 heteroatoms. The van der Waals surface area contributed by atoms with Crippen LogP contribution in [0.5, 0.6) is 0 Å². The molecule has 0 atom stereocenters. The number of H-pyrrole nitrogens is 2. The molecule has 6 aromatic rings. The van der Waals surface area contributed by atoms with E-state index in [2.05, 4.69) is 35.5 Å². The van der Waals surface area contributed by atoms with Gasteiger partial charge in [-0.3, -0.25) is 24.8 Å². The lowest BCUT2D eigenvalue weighted by atomic mass is 10.1. The third kappa shape index (κ3) is 4.58. The predicted molar refractivity (Wildman–Crippen MR) is 143 cm³/mol. The molecule has 9 nitrogen and oxygen atoms in total. The van der Waals surface area contributed by atoms with E-state index in [0.717, 1.165) is 5.56 Å². The van der Waals surface area contributed by atoms with Crippen LogP contribution in [0.3, 0.4) is 0 Å². The van der Waals surface area contributed by atoms with E-state index in [1.54, 1.807) is 30.6 Å². The van der Waals surface area contributed by atoms with Gasteiger partial charge in [0.25, 0.3) is 0 Å². The van der Waals surface area contributed by atoms with E-state index in [1.807, 2.05) is 13.8 Å². The number of aromatic nitrogens is 7. The molecule has 0 unspecified atom stereocenters. The molecule has 194 valence electrons. The maximum absolute atomic E-state index is 16.0. The van der Waals surface area contributed by atoms with Gasteiger partial charge in [-0.05, 0) is 29.7 Å². The molecule has 0 aliphatic carbocycles. The molecular weight excluding hydrogens is 502 g/mol. The SMILES string of the molecule is CC(C)CC(=O)Nc1cncc(-c2ncc3[nH]nc(-c4nc5c(-c6ccc(F)cc6)cncc5[nH]4)c3c2F)c1. The molecule has 1 amide bonds. The minimum Gasteiger partial charge on any atom is -0.335 e. The summed E-state index contributed by atoms with van der Waals surface area (Å²) in [5, 5.41) is 10.1. The zero-order valence-corrected chi connectivity index (χ0v) is 21.0. The molecular formula is C28H22F2N8O. The molecule has 5 aromatic heterocycles. The Hall–Kier alpha value is -5.06. The number of rotatable bonds is 6. The van der Waals surface area contributed by atoms with Gasteiger partial charge in [0, 0.05) is 29.9 Å². The fourth-order valence-electron chi connectivity index (χ4n) is 4.45. The Morgan fingerprint density at radius 1 is 0.949 bits per heavy atom. The standard InChI is InChI=1S/C28H22F2N8O/c1-14(2)7-22(39)34-18-8-16(9-31-10-18)25-24(30)23-20(13-33-25)37-38-27(23)28-35-21-12-32-11-19(26(21)36-28)15-3-5-17(29)6-4-15/h3-6,8-14H,7H2,1-2H3,(H,34,39)(H,35,36)(H,37,38). The summed E-state index contributed by atoms with van der Waals surface area (Å²) in [4.78, 5) is 32.8. The first-order valence-electron chi connectivity index (χ1n) is 12.2. The molecule has 0 bridgehead atoms. The second-order valence-electron chi connectivity index (χ2n) is 9.57. The van der Waals surface area contributed by atoms with Crippen LogP contribution in [-0.2, 0) is 4.79 Å². The van der Waals surface area contributed by atoms with E-state index in [1.165, 1.54) is 30.7 Å². The average Bonchev–Trinajstić information content (AvgIpc) is 3.54. The van der Waals surface area contributed by atoms with Gasteiger partial charge in [0.15, 0.2) is 11.6 Å². The molecule has 39 heavy (non-hydrogen) atoms. The van der Waals surface area contributed by atoms with Gasteiger partial charge in [-0.1, -0.05) is 26.0 Å². The van der Waals surface area contributed by atoms with Crippen molar-refractivity contribution in [3.05, 3.63) is 73.0 Å². The zero-order valence-electron chi connectivity index (χ0n) is 21.0. The van der Waals surface area contributed by atoms with E-state index in [-0.39, 0.29) is 34.4 Å². The maximum Gasteiger partial charge on any atom is 0.224 e. The fraction of sp³-hybridized carbons (Fsp3) is 0.143. The molecule has 1 aromatic carbocycles. The minimum atomic E-state index is -0.610. The molecule has 6 rings (SSSR count). The summed E-state index contributed by atoms with van der Waals surface area (Å²) in [7, 11) is 0. The van der Waals surface area contributed by atoms with Crippen LogP contribution in [0.15, 0.2) is 61.3 Å². The second-order valence-corrected chi connectivity index (χ2v) is 9.57. The van der Waals surface area contributed by atoms with Crippen LogP contribution in [0.2, 0.25) is 0 Å².